The van der Waals surface area contributed by atoms with Gasteiger partial charge in [0, 0.05) is 37.0 Å². The first-order valence-electron chi connectivity index (χ1n) is 6.29. The highest BCUT2D eigenvalue weighted by Crippen LogP contribution is 2.13. The van der Waals surface area contributed by atoms with Crippen molar-refractivity contribution in [3.05, 3.63) is 22.4 Å². The zero-order chi connectivity index (χ0) is 12.1. The van der Waals surface area contributed by atoms with Crippen molar-refractivity contribution in [2.75, 3.05) is 19.6 Å². The molecule has 4 heteroatoms. The molecule has 0 unspecified atom stereocenters. The maximum atomic E-state index is 12.0. The van der Waals surface area contributed by atoms with Gasteiger partial charge in [-0.1, -0.05) is 6.07 Å². The quantitative estimate of drug-likeness (QED) is 0.887. The molecule has 0 aromatic carbocycles. The lowest BCUT2D eigenvalue weighted by Crippen LogP contribution is -2.51. The number of nitrogens with zero attached hydrogens (tertiary/aromatic N) is 1. The van der Waals surface area contributed by atoms with Gasteiger partial charge < -0.3 is 10.2 Å². The lowest BCUT2D eigenvalue weighted by atomic mass is 10.1. The third kappa shape index (κ3) is 3.82. The number of rotatable bonds is 4. The molecule has 0 aliphatic carbocycles. The van der Waals surface area contributed by atoms with Crippen LogP contribution in [0, 0.1) is 0 Å². The Hall–Kier alpha value is -0.870. The minimum atomic E-state index is 0.315. The highest BCUT2D eigenvalue weighted by atomic mass is 32.1. The van der Waals surface area contributed by atoms with E-state index < -0.39 is 0 Å². The number of amides is 1. The second-order valence-electron chi connectivity index (χ2n) is 4.63. The average Bonchev–Trinajstić information content (AvgIpc) is 2.82. The van der Waals surface area contributed by atoms with E-state index in [1.807, 2.05) is 4.90 Å². The number of piperazine rings is 1. The number of carbonyl (C=O) groups is 1. The van der Waals surface area contributed by atoms with Gasteiger partial charge in [0.05, 0.1) is 0 Å². The summed E-state index contributed by atoms with van der Waals surface area (Å²) >= 11 is 1.78. The molecule has 1 fully saturated rings. The Morgan fingerprint density at radius 1 is 1.65 bits per heavy atom. The molecule has 0 spiro atoms. The van der Waals surface area contributed by atoms with E-state index >= 15 is 0 Å². The summed E-state index contributed by atoms with van der Waals surface area (Å²) in [4.78, 5) is 15.4. The Morgan fingerprint density at radius 2 is 2.53 bits per heavy atom. The summed E-state index contributed by atoms with van der Waals surface area (Å²) in [6.45, 7) is 4.78. The molecular weight excluding hydrogens is 232 g/mol. The Morgan fingerprint density at radius 3 is 3.24 bits per heavy atom. The van der Waals surface area contributed by atoms with Crippen molar-refractivity contribution >= 4 is 17.2 Å². The molecule has 1 aromatic heterocycles. The van der Waals surface area contributed by atoms with Crippen LogP contribution in [-0.2, 0) is 11.2 Å². The van der Waals surface area contributed by atoms with Crippen molar-refractivity contribution in [3.8, 4) is 0 Å². The van der Waals surface area contributed by atoms with Gasteiger partial charge in [0.1, 0.15) is 0 Å². The molecule has 17 heavy (non-hydrogen) atoms. The average molecular weight is 252 g/mol. The maximum Gasteiger partial charge on any atom is 0.222 e. The van der Waals surface area contributed by atoms with Gasteiger partial charge in [0.2, 0.25) is 5.91 Å². The van der Waals surface area contributed by atoms with Crippen molar-refractivity contribution in [3.63, 3.8) is 0 Å². The van der Waals surface area contributed by atoms with Crippen molar-refractivity contribution < 1.29 is 4.79 Å². The summed E-state index contributed by atoms with van der Waals surface area (Å²) in [5.41, 5.74) is 0. The number of thiophene rings is 1. The first kappa shape index (κ1) is 12.6. The summed E-state index contributed by atoms with van der Waals surface area (Å²) < 4.78 is 0. The largest absolute Gasteiger partial charge is 0.340 e. The summed E-state index contributed by atoms with van der Waals surface area (Å²) in [5, 5.41) is 5.45. The van der Waals surface area contributed by atoms with E-state index in [-0.39, 0.29) is 0 Å². The molecule has 0 bridgehead atoms. The number of aryl methyl sites for hydroxylation is 1. The van der Waals surface area contributed by atoms with Crippen LogP contribution in [-0.4, -0.2) is 36.5 Å². The highest BCUT2D eigenvalue weighted by Gasteiger charge is 2.19. The van der Waals surface area contributed by atoms with Crippen LogP contribution in [0.15, 0.2) is 17.5 Å². The Balaban J connectivity index is 1.70. The van der Waals surface area contributed by atoms with E-state index in [2.05, 4.69) is 29.8 Å². The fourth-order valence-corrected chi connectivity index (χ4v) is 2.94. The van der Waals surface area contributed by atoms with Crippen molar-refractivity contribution in [2.24, 2.45) is 0 Å². The Bertz CT molecular complexity index is 350. The zero-order valence-electron chi connectivity index (χ0n) is 10.3. The van der Waals surface area contributed by atoms with Gasteiger partial charge in [-0.3, -0.25) is 4.79 Å². The highest BCUT2D eigenvalue weighted by molar-refractivity contribution is 7.09. The van der Waals surface area contributed by atoms with Crippen LogP contribution in [0.25, 0.3) is 0 Å². The molecule has 1 saturated heterocycles. The SMILES string of the molecule is C[C@@H]1CN(C(=O)CCCc2cccs2)CCN1. The second kappa shape index (κ2) is 6.17. The lowest BCUT2D eigenvalue weighted by Gasteiger charge is -2.32. The molecular formula is C13H20N2OS. The van der Waals surface area contributed by atoms with Crippen LogP contribution in [0.2, 0.25) is 0 Å². The predicted molar refractivity (Wildman–Crippen MR) is 71.3 cm³/mol. The van der Waals surface area contributed by atoms with Crippen LogP contribution in [0.4, 0.5) is 0 Å². The van der Waals surface area contributed by atoms with Gasteiger partial charge in [-0.2, -0.15) is 0 Å². The molecule has 0 saturated carbocycles. The van der Waals surface area contributed by atoms with Crippen molar-refractivity contribution in [1.29, 1.82) is 0 Å². The van der Waals surface area contributed by atoms with Crippen LogP contribution in [0.3, 0.4) is 0 Å². The topological polar surface area (TPSA) is 32.3 Å². The Labute approximate surface area is 107 Å². The van der Waals surface area contributed by atoms with Crippen LogP contribution in [0.5, 0.6) is 0 Å². The van der Waals surface area contributed by atoms with Gasteiger partial charge in [-0.15, -0.1) is 11.3 Å². The normalized spacial score (nSPS) is 20.5. The summed E-state index contributed by atoms with van der Waals surface area (Å²) in [5.74, 6) is 0.315. The zero-order valence-corrected chi connectivity index (χ0v) is 11.1. The monoisotopic (exact) mass is 252 g/mol. The fraction of sp³-hybridized carbons (Fsp3) is 0.615. The van der Waals surface area contributed by atoms with E-state index in [1.54, 1.807) is 11.3 Å². The van der Waals surface area contributed by atoms with E-state index in [9.17, 15) is 4.79 Å². The van der Waals surface area contributed by atoms with Gasteiger partial charge >= 0.3 is 0 Å². The summed E-state index contributed by atoms with van der Waals surface area (Å²) in [6.07, 6.45) is 2.69. The molecule has 2 rings (SSSR count). The van der Waals surface area contributed by atoms with E-state index in [0.717, 1.165) is 32.5 Å². The minimum Gasteiger partial charge on any atom is -0.340 e. The minimum absolute atomic E-state index is 0.315. The number of hydrogen-bond acceptors (Lipinski definition) is 3. The number of carbonyl (C=O) groups excluding carboxylic acids is 1. The van der Waals surface area contributed by atoms with Gasteiger partial charge in [0.15, 0.2) is 0 Å². The molecule has 1 N–H and O–H groups in total. The molecule has 3 nitrogen and oxygen atoms in total. The molecule has 2 heterocycles. The molecule has 1 aliphatic rings. The van der Waals surface area contributed by atoms with Gasteiger partial charge in [0.25, 0.3) is 0 Å². The molecule has 1 amide bonds. The van der Waals surface area contributed by atoms with Gasteiger partial charge in [-0.25, -0.2) is 0 Å². The molecule has 1 atom stereocenters. The molecule has 0 radical (unpaired) electrons. The van der Waals surface area contributed by atoms with E-state index in [1.165, 1.54) is 4.88 Å². The predicted octanol–water partition coefficient (Wildman–Crippen LogP) is 1.89. The number of hydrogen-bond donors (Lipinski definition) is 1. The van der Waals surface area contributed by atoms with E-state index in [4.69, 9.17) is 0 Å². The smallest absolute Gasteiger partial charge is 0.222 e. The van der Waals surface area contributed by atoms with Crippen LogP contribution >= 0.6 is 11.3 Å². The fourth-order valence-electron chi connectivity index (χ4n) is 2.19. The van der Waals surface area contributed by atoms with Crippen molar-refractivity contribution in [2.45, 2.75) is 32.2 Å². The first-order chi connectivity index (χ1) is 8.25. The second-order valence-corrected chi connectivity index (χ2v) is 5.66. The van der Waals surface area contributed by atoms with E-state index in [0.29, 0.717) is 18.4 Å². The van der Waals surface area contributed by atoms with Crippen LogP contribution < -0.4 is 5.32 Å². The number of nitrogens with one attached hydrogen (secondary N) is 1. The summed E-state index contributed by atoms with van der Waals surface area (Å²) in [6, 6.07) is 4.65. The summed E-state index contributed by atoms with van der Waals surface area (Å²) in [7, 11) is 0. The lowest BCUT2D eigenvalue weighted by molar-refractivity contribution is -0.132. The van der Waals surface area contributed by atoms with Crippen molar-refractivity contribution in [1.82, 2.24) is 10.2 Å². The molecule has 1 aromatic rings. The van der Waals surface area contributed by atoms with Gasteiger partial charge in [-0.05, 0) is 31.2 Å². The molecule has 1 aliphatic heterocycles. The maximum absolute atomic E-state index is 12.0. The third-order valence-corrected chi connectivity index (χ3v) is 4.05. The molecule has 94 valence electrons. The first-order valence-corrected chi connectivity index (χ1v) is 7.17. The third-order valence-electron chi connectivity index (χ3n) is 3.12. The Kier molecular flexibility index (Phi) is 4.57. The standard InChI is InChI=1S/C13H20N2OS/c1-11-10-15(8-7-14-11)13(16)6-2-4-12-5-3-9-17-12/h3,5,9,11,14H,2,4,6-8,10H2,1H3/t11-/m1/s1. The van der Waals surface area contributed by atoms with Crippen LogP contribution in [0.1, 0.15) is 24.6 Å².